The molecule has 9 nitrogen and oxygen atoms in total. The summed E-state index contributed by atoms with van der Waals surface area (Å²) in [6.45, 7) is 0.444. The Labute approximate surface area is 144 Å². The number of hydrogen-bond acceptors (Lipinski definition) is 6. The Morgan fingerprint density at radius 2 is 2.04 bits per heavy atom. The van der Waals surface area contributed by atoms with Crippen molar-refractivity contribution in [2.75, 3.05) is 23.4 Å². The third kappa shape index (κ3) is 4.02. The maximum Gasteiger partial charge on any atom is 0.323 e. The highest BCUT2D eigenvalue weighted by Gasteiger charge is 2.16. The lowest BCUT2D eigenvalue weighted by molar-refractivity contribution is 0.220. The number of H-pyrrole nitrogens is 1. The fourth-order valence-electron chi connectivity index (χ4n) is 2.18. The Hall–Kier alpha value is -3.62. The van der Waals surface area contributed by atoms with E-state index in [2.05, 4.69) is 30.8 Å². The highest BCUT2D eigenvalue weighted by Crippen LogP contribution is 2.28. The van der Waals surface area contributed by atoms with Crippen molar-refractivity contribution in [2.45, 2.75) is 6.54 Å². The van der Waals surface area contributed by atoms with Gasteiger partial charge in [-0.15, -0.1) is 0 Å². The number of aromatic nitrogens is 4. The average molecular weight is 338 g/mol. The number of nitrogens with two attached hydrogens (primary N) is 1. The summed E-state index contributed by atoms with van der Waals surface area (Å²) in [5.41, 5.74) is 8.08. The number of nitrogens with one attached hydrogen (secondary N) is 3. The molecule has 3 aromatic heterocycles. The van der Waals surface area contributed by atoms with Gasteiger partial charge in [0.25, 0.3) is 0 Å². The number of nitrogens with zero attached hydrogens (tertiary/aromatic N) is 4. The summed E-state index contributed by atoms with van der Waals surface area (Å²) in [7, 11) is 1.69. The number of urea groups is 1. The molecule has 0 aliphatic rings. The van der Waals surface area contributed by atoms with E-state index in [1.54, 1.807) is 37.9 Å². The van der Waals surface area contributed by atoms with Crippen LogP contribution in [0.25, 0.3) is 0 Å². The molecule has 2 amide bonds. The van der Waals surface area contributed by atoms with Gasteiger partial charge in [-0.25, -0.2) is 4.79 Å². The zero-order valence-electron chi connectivity index (χ0n) is 13.6. The summed E-state index contributed by atoms with van der Waals surface area (Å²) < 4.78 is 0. The second-order valence-electron chi connectivity index (χ2n) is 5.37. The van der Waals surface area contributed by atoms with E-state index in [4.69, 9.17) is 5.73 Å². The molecule has 0 fully saturated rings. The van der Waals surface area contributed by atoms with E-state index < -0.39 is 0 Å². The summed E-state index contributed by atoms with van der Waals surface area (Å²) in [6, 6.07) is 7.02. The third-order valence-electron chi connectivity index (χ3n) is 3.47. The van der Waals surface area contributed by atoms with Gasteiger partial charge in [0.1, 0.15) is 11.5 Å². The molecule has 3 rings (SSSR count). The van der Waals surface area contributed by atoms with Crippen LogP contribution in [0.3, 0.4) is 0 Å². The van der Waals surface area contributed by atoms with Gasteiger partial charge in [0.15, 0.2) is 5.82 Å². The van der Waals surface area contributed by atoms with Crippen molar-refractivity contribution in [2.24, 2.45) is 0 Å². The maximum absolute atomic E-state index is 12.4. The zero-order valence-corrected chi connectivity index (χ0v) is 13.6. The van der Waals surface area contributed by atoms with Crippen molar-refractivity contribution < 1.29 is 4.79 Å². The molecule has 0 bridgehead atoms. The van der Waals surface area contributed by atoms with E-state index in [-0.39, 0.29) is 6.03 Å². The zero-order chi connectivity index (χ0) is 17.6. The molecule has 0 radical (unpaired) electrons. The van der Waals surface area contributed by atoms with E-state index in [1.807, 2.05) is 18.2 Å². The lowest BCUT2D eigenvalue weighted by Crippen LogP contribution is -2.31. The number of hydrogen-bond donors (Lipinski definition) is 4. The molecule has 0 aliphatic carbocycles. The smallest absolute Gasteiger partial charge is 0.323 e. The Morgan fingerprint density at radius 3 is 2.76 bits per heavy atom. The first-order chi connectivity index (χ1) is 12.1. The molecule has 0 atom stereocenters. The number of anilines is 4. The molecule has 9 heteroatoms. The van der Waals surface area contributed by atoms with Crippen molar-refractivity contribution in [3.63, 3.8) is 0 Å². The van der Waals surface area contributed by atoms with Crippen LogP contribution in [-0.2, 0) is 6.54 Å². The van der Waals surface area contributed by atoms with Crippen molar-refractivity contribution in [1.29, 1.82) is 0 Å². The van der Waals surface area contributed by atoms with Crippen LogP contribution in [0.5, 0.6) is 0 Å². The average Bonchev–Trinajstić information content (AvgIpc) is 2.97. The monoisotopic (exact) mass is 338 g/mol. The van der Waals surface area contributed by atoms with Gasteiger partial charge in [-0.2, -0.15) is 5.10 Å². The van der Waals surface area contributed by atoms with Crippen LogP contribution in [0.15, 0.2) is 49.1 Å². The Bertz CT molecular complexity index is 834. The van der Waals surface area contributed by atoms with E-state index in [1.165, 1.54) is 4.90 Å². The van der Waals surface area contributed by atoms with Gasteiger partial charge in [0.2, 0.25) is 0 Å². The Balaban J connectivity index is 1.69. The minimum Gasteiger partial charge on any atom is -0.382 e. The van der Waals surface area contributed by atoms with Crippen molar-refractivity contribution >= 4 is 29.0 Å². The summed E-state index contributed by atoms with van der Waals surface area (Å²) in [5.74, 6) is 0.629. The van der Waals surface area contributed by atoms with Gasteiger partial charge in [-0.3, -0.25) is 20.4 Å². The summed E-state index contributed by atoms with van der Waals surface area (Å²) in [6.07, 6.45) is 6.69. The number of aromatic amines is 1. The van der Waals surface area contributed by atoms with Crippen LogP contribution in [0, 0.1) is 0 Å². The molecule has 0 aliphatic heterocycles. The number of pyridine rings is 2. The molecular formula is C16H18N8O. The SMILES string of the molecule is CN(Cc1ccncc1)C(=O)Nc1n[nH]c(N)c1Nc1cccnc1. The lowest BCUT2D eigenvalue weighted by atomic mass is 10.2. The van der Waals surface area contributed by atoms with Gasteiger partial charge >= 0.3 is 6.03 Å². The van der Waals surface area contributed by atoms with Crippen molar-refractivity contribution in [1.82, 2.24) is 25.1 Å². The van der Waals surface area contributed by atoms with E-state index >= 15 is 0 Å². The third-order valence-corrected chi connectivity index (χ3v) is 3.47. The fourth-order valence-corrected chi connectivity index (χ4v) is 2.18. The summed E-state index contributed by atoms with van der Waals surface area (Å²) in [4.78, 5) is 21.9. The van der Waals surface area contributed by atoms with Gasteiger partial charge in [0.05, 0.1) is 11.9 Å². The molecule has 0 spiro atoms. The van der Waals surface area contributed by atoms with Gasteiger partial charge in [0, 0.05) is 32.2 Å². The highest BCUT2D eigenvalue weighted by atomic mass is 16.2. The van der Waals surface area contributed by atoms with Crippen LogP contribution < -0.4 is 16.4 Å². The molecule has 0 saturated carbocycles. The van der Waals surface area contributed by atoms with Gasteiger partial charge < -0.3 is 16.0 Å². The topological polar surface area (TPSA) is 125 Å². The number of nitrogen functional groups attached to an aromatic ring is 1. The summed E-state index contributed by atoms with van der Waals surface area (Å²) in [5, 5.41) is 12.5. The number of carbonyl (C=O) groups excluding carboxylic acids is 1. The number of amides is 2. The predicted octanol–water partition coefficient (Wildman–Crippen LogP) is 2.19. The van der Waals surface area contributed by atoms with E-state index in [9.17, 15) is 4.79 Å². The van der Waals surface area contributed by atoms with Gasteiger partial charge in [-0.05, 0) is 29.8 Å². The molecule has 0 unspecified atom stereocenters. The standard InChI is InChI=1S/C16H18N8O/c1-24(10-11-4-7-18-8-5-11)16(25)21-15-13(14(17)22-23-15)20-12-3-2-6-19-9-12/h2-9,20H,10H2,1H3,(H4,17,21,22,23,25). The Kier molecular flexibility index (Phi) is 4.74. The van der Waals surface area contributed by atoms with Crippen LogP contribution in [0.4, 0.5) is 27.8 Å². The highest BCUT2D eigenvalue weighted by molar-refractivity contribution is 5.94. The number of carbonyl (C=O) groups is 1. The molecule has 3 aromatic rings. The van der Waals surface area contributed by atoms with E-state index in [0.29, 0.717) is 23.9 Å². The predicted molar refractivity (Wildman–Crippen MR) is 95.2 cm³/mol. The first kappa shape index (κ1) is 16.2. The first-order valence-electron chi connectivity index (χ1n) is 7.55. The van der Waals surface area contributed by atoms with Crippen LogP contribution in [-0.4, -0.2) is 38.1 Å². The minimum absolute atomic E-state index is 0.308. The maximum atomic E-state index is 12.4. The largest absolute Gasteiger partial charge is 0.382 e. The van der Waals surface area contributed by atoms with Crippen molar-refractivity contribution in [3.8, 4) is 0 Å². The Morgan fingerprint density at radius 1 is 1.24 bits per heavy atom. The molecule has 0 aromatic carbocycles. The molecule has 25 heavy (non-hydrogen) atoms. The molecular weight excluding hydrogens is 320 g/mol. The second kappa shape index (κ2) is 7.30. The minimum atomic E-state index is -0.308. The van der Waals surface area contributed by atoms with Crippen LogP contribution in [0.2, 0.25) is 0 Å². The van der Waals surface area contributed by atoms with Crippen LogP contribution in [0.1, 0.15) is 5.56 Å². The normalized spacial score (nSPS) is 10.3. The van der Waals surface area contributed by atoms with Crippen LogP contribution >= 0.6 is 0 Å². The molecule has 5 N–H and O–H groups in total. The molecule has 128 valence electrons. The van der Waals surface area contributed by atoms with Gasteiger partial charge in [-0.1, -0.05) is 0 Å². The summed E-state index contributed by atoms with van der Waals surface area (Å²) >= 11 is 0. The molecule has 3 heterocycles. The molecule has 0 saturated heterocycles. The second-order valence-corrected chi connectivity index (χ2v) is 5.37. The van der Waals surface area contributed by atoms with Crippen molar-refractivity contribution in [3.05, 3.63) is 54.6 Å². The quantitative estimate of drug-likeness (QED) is 0.565. The lowest BCUT2D eigenvalue weighted by Gasteiger charge is -2.17. The number of rotatable bonds is 5. The fraction of sp³-hybridized carbons (Fsp3) is 0.125. The van der Waals surface area contributed by atoms with E-state index in [0.717, 1.165) is 11.3 Å². The first-order valence-corrected chi connectivity index (χ1v) is 7.55.